The predicted molar refractivity (Wildman–Crippen MR) is 298 cm³/mol. The van der Waals surface area contributed by atoms with Gasteiger partial charge < -0.3 is 14.0 Å². The van der Waals surface area contributed by atoms with Gasteiger partial charge in [0.05, 0.1) is 22.4 Å². The number of rotatable bonds is 8. The van der Waals surface area contributed by atoms with Crippen molar-refractivity contribution >= 4 is 54.5 Å². The van der Waals surface area contributed by atoms with Crippen LogP contribution in [-0.2, 0) is 26.5 Å². The topological polar surface area (TPSA) is 43.9 Å². The number of para-hydroxylation sites is 2. The van der Waals surface area contributed by atoms with Gasteiger partial charge >= 0.3 is 0 Å². The van der Waals surface area contributed by atoms with Crippen LogP contribution in [0, 0.1) is 17.5 Å². The number of hydrogen-bond donors (Lipinski definition) is 0. The van der Waals surface area contributed by atoms with E-state index in [0.717, 1.165) is 66.7 Å². The van der Waals surface area contributed by atoms with Crippen molar-refractivity contribution in [2.24, 2.45) is 5.41 Å². The van der Waals surface area contributed by atoms with Crippen molar-refractivity contribution in [3.05, 3.63) is 223 Å². The van der Waals surface area contributed by atoms with Crippen molar-refractivity contribution in [3.63, 3.8) is 0 Å². The standard InChI is InChI=1S/C51H39N2O.C16H18N.Ir/c1-31(2)41-28-36(33-16-7-5-8-17-33)29-42(32(3)4)49(41)53-45-25-14-13-24-44(45)52-51(53)40-23-15-22-39-48-38-27-26-35-20-11-12-21-37(35)47(38)43(30-46(48)54-50(39)40)34-18-9-6-10-19-34;1-16(2,3)11-13-9-10-15(17-12-13)14-7-5-4-6-8-14;/h5-22,24-32H,1-4H3;4-7,9-10,12H,11H2,1-3H3;/q2*-1;/i;11D2;. The summed E-state index contributed by atoms with van der Waals surface area (Å²) in [5, 5.41) is 7.03. The molecule has 0 aliphatic heterocycles. The molecule has 0 saturated carbocycles. The maximum atomic E-state index is 8.21. The van der Waals surface area contributed by atoms with Crippen LogP contribution in [0.5, 0.6) is 0 Å². The summed E-state index contributed by atoms with van der Waals surface area (Å²) in [4.78, 5) is 9.76. The Morgan fingerprint density at radius 1 is 0.611 bits per heavy atom. The van der Waals surface area contributed by atoms with Gasteiger partial charge in [0, 0.05) is 40.1 Å². The van der Waals surface area contributed by atoms with Crippen molar-refractivity contribution < 1.29 is 27.3 Å². The summed E-state index contributed by atoms with van der Waals surface area (Å²) in [5.74, 6) is 1.35. The van der Waals surface area contributed by atoms with Crippen LogP contribution in [0.3, 0.4) is 0 Å². The third-order valence-corrected chi connectivity index (χ3v) is 13.3. The van der Waals surface area contributed by atoms with E-state index >= 15 is 0 Å². The average Bonchev–Trinajstić information content (AvgIpc) is 4.00. The second-order valence-electron chi connectivity index (χ2n) is 20.1. The van der Waals surface area contributed by atoms with Gasteiger partial charge in [-0.25, -0.2) is 0 Å². The third kappa shape index (κ3) is 9.20. The predicted octanol–water partition coefficient (Wildman–Crippen LogP) is 18.4. The molecule has 0 amide bonds. The van der Waals surface area contributed by atoms with Crippen LogP contribution in [-0.4, -0.2) is 14.5 Å². The van der Waals surface area contributed by atoms with E-state index in [1.807, 2.05) is 63.2 Å². The van der Waals surface area contributed by atoms with Gasteiger partial charge in [0.15, 0.2) is 0 Å². The Labute approximate surface area is 439 Å². The zero-order valence-electron chi connectivity index (χ0n) is 43.7. The Bertz CT molecular complexity index is 3940. The van der Waals surface area contributed by atoms with Crippen molar-refractivity contribution in [1.29, 1.82) is 0 Å². The molecule has 12 rings (SSSR count). The number of benzene rings is 9. The van der Waals surface area contributed by atoms with Crippen molar-refractivity contribution in [2.45, 2.75) is 66.7 Å². The van der Waals surface area contributed by atoms with Gasteiger partial charge in [-0.05, 0) is 120 Å². The molecule has 0 aliphatic carbocycles. The summed E-state index contributed by atoms with van der Waals surface area (Å²) in [6.45, 7) is 14.9. The van der Waals surface area contributed by atoms with E-state index in [1.165, 1.54) is 49.5 Å². The minimum absolute atomic E-state index is 0. The van der Waals surface area contributed by atoms with Gasteiger partial charge in [-0.15, -0.1) is 54.1 Å². The van der Waals surface area contributed by atoms with Gasteiger partial charge in [-0.2, -0.15) is 0 Å². The minimum atomic E-state index is -1.40. The van der Waals surface area contributed by atoms with Crippen LogP contribution in [0.1, 0.15) is 79.7 Å². The SMILES string of the molecule is CC(C)c1cc(-c2ccccc2)cc(C(C)C)c1-n1c(-c2[c-]ccc3c2oc2cc(-c4ccccc4)c4c5ccccc5ccc4c23)nc2ccccc21.[2H]C([2H])(c1ccc(-c2[c-]cccc2)nc1)C(C)(C)C.[Ir]. The van der Waals surface area contributed by atoms with Crippen LogP contribution >= 0.6 is 0 Å². The first kappa shape index (κ1) is 45.7. The Hall–Kier alpha value is -7.43. The van der Waals surface area contributed by atoms with E-state index in [2.05, 4.69) is 195 Å². The molecule has 1 radical (unpaired) electrons. The molecule has 72 heavy (non-hydrogen) atoms. The maximum Gasteiger partial charge on any atom is 0.122 e. The van der Waals surface area contributed by atoms with Crippen molar-refractivity contribution in [1.82, 2.24) is 14.5 Å². The van der Waals surface area contributed by atoms with Crippen molar-refractivity contribution in [2.75, 3.05) is 0 Å². The minimum Gasteiger partial charge on any atom is -0.500 e. The first-order valence-corrected chi connectivity index (χ1v) is 24.7. The van der Waals surface area contributed by atoms with E-state index in [1.54, 1.807) is 6.20 Å². The normalized spacial score (nSPS) is 12.3. The van der Waals surface area contributed by atoms with Gasteiger partial charge in [0.2, 0.25) is 0 Å². The molecule has 0 N–H and O–H groups in total. The second-order valence-corrected chi connectivity index (χ2v) is 20.1. The van der Waals surface area contributed by atoms with Crippen molar-refractivity contribution in [3.8, 4) is 50.6 Å². The summed E-state index contributed by atoms with van der Waals surface area (Å²) in [7, 11) is 0. The van der Waals surface area contributed by atoms with Crippen LogP contribution in [0.25, 0.3) is 105 Å². The molecular weight excluding hydrogens is 1050 g/mol. The summed E-state index contributed by atoms with van der Waals surface area (Å²) in [6, 6.07) is 72.3. The molecule has 0 spiro atoms. The first-order valence-electron chi connectivity index (χ1n) is 25.7. The van der Waals surface area contributed by atoms with Crippen LogP contribution in [0.4, 0.5) is 0 Å². The Morgan fingerprint density at radius 2 is 1.29 bits per heavy atom. The molecule has 357 valence electrons. The number of imidazole rings is 1. The van der Waals surface area contributed by atoms with Gasteiger partial charge in [-0.3, -0.25) is 4.98 Å². The maximum absolute atomic E-state index is 8.21. The molecule has 9 aromatic carbocycles. The molecule has 0 fully saturated rings. The number of hydrogen-bond acceptors (Lipinski definition) is 3. The number of furan rings is 1. The molecule has 0 atom stereocenters. The molecule has 12 aromatic rings. The molecule has 5 heteroatoms. The number of aromatic nitrogens is 3. The smallest absolute Gasteiger partial charge is 0.122 e. The van der Waals surface area contributed by atoms with E-state index in [4.69, 9.17) is 12.1 Å². The fourth-order valence-electron chi connectivity index (χ4n) is 10.1. The van der Waals surface area contributed by atoms with E-state index in [0.29, 0.717) is 5.56 Å². The Balaban J connectivity index is 0.000000265. The zero-order valence-corrected chi connectivity index (χ0v) is 44.1. The van der Waals surface area contributed by atoms with E-state index in [9.17, 15) is 0 Å². The quantitative estimate of drug-likeness (QED) is 0.112. The molecule has 0 saturated heterocycles. The summed E-state index contributed by atoms with van der Waals surface area (Å²) < 4.78 is 25.9. The second kappa shape index (κ2) is 20.0. The first-order chi connectivity index (χ1) is 35.3. The summed E-state index contributed by atoms with van der Waals surface area (Å²) in [6.07, 6.45) is 0.223. The van der Waals surface area contributed by atoms with Crippen LogP contribution < -0.4 is 0 Å². The van der Waals surface area contributed by atoms with E-state index < -0.39 is 11.8 Å². The van der Waals surface area contributed by atoms with Gasteiger partial charge in [0.1, 0.15) is 5.58 Å². The average molecular weight is 1110 g/mol. The fourth-order valence-corrected chi connectivity index (χ4v) is 10.1. The van der Waals surface area contributed by atoms with E-state index in [-0.39, 0.29) is 31.9 Å². The molecule has 0 bridgehead atoms. The summed E-state index contributed by atoms with van der Waals surface area (Å²) in [5.41, 5.74) is 14.9. The molecule has 0 aliphatic rings. The third-order valence-electron chi connectivity index (χ3n) is 13.3. The molecule has 3 aromatic heterocycles. The molecule has 0 unspecified atom stereocenters. The number of pyridine rings is 1. The number of nitrogens with zero attached hydrogens (tertiary/aromatic N) is 3. The molecule has 4 nitrogen and oxygen atoms in total. The molecular formula is C67H57IrN3O-2. The number of fused-ring (bicyclic) bond motifs is 8. The van der Waals surface area contributed by atoms with Crippen LogP contribution in [0.15, 0.2) is 199 Å². The Kier molecular flexibility index (Phi) is 12.7. The fraction of sp³-hybridized carbons (Fsp3) is 0.164. The summed E-state index contributed by atoms with van der Waals surface area (Å²) >= 11 is 0. The monoisotopic (exact) mass is 1110 g/mol. The zero-order chi connectivity index (χ0) is 50.6. The van der Waals surface area contributed by atoms with Crippen LogP contribution in [0.2, 0.25) is 0 Å². The van der Waals surface area contributed by atoms with Gasteiger partial charge in [0.25, 0.3) is 0 Å². The molecule has 3 heterocycles. The van der Waals surface area contributed by atoms with Gasteiger partial charge in [-0.1, -0.05) is 181 Å². The largest absolute Gasteiger partial charge is 0.500 e. The Morgan fingerprint density at radius 3 is 1.97 bits per heavy atom.